The van der Waals surface area contributed by atoms with E-state index < -0.39 is 30.3 Å². The Labute approximate surface area is 129 Å². The van der Waals surface area contributed by atoms with Crippen LogP contribution in [0, 0.1) is 0 Å². The SMILES string of the molecule is C=CC(=O)OCC(OC(=O)C=C)C(OC(=O)C=C)OC(C)C. The molecule has 0 heterocycles. The van der Waals surface area contributed by atoms with Crippen molar-refractivity contribution in [2.75, 3.05) is 6.61 Å². The molecule has 22 heavy (non-hydrogen) atoms. The van der Waals surface area contributed by atoms with Crippen molar-refractivity contribution in [3.05, 3.63) is 38.0 Å². The predicted octanol–water partition coefficient (Wildman–Crippen LogP) is 1.29. The number of hydrogen-bond donors (Lipinski definition) is 0. The van der Waals surface area contributed by atoms with Gasteiger partial charge in [-0.2, -0.15) is 0 Å². The molecule has 0 fully saturated rings. The number of hydrogen-bond acceptors (Lipinski definition) is 7. The number of ether oxygens (including phenoxy) is 4. The van der Waals surface area contributed by atoms with Crippen LogP contribution in [-0.4, -0.2) is 43.0 Å². The summed E-state index contributed by atoms with van der Waals surface area (Å²) in [6, 6.07) is 0. The van der Waals surface area contributed by atoms with E-state index in [0.29, 0.717) is 0 Å². The quantitative estimate of drug-likeness (QED) is 0.260. The highest BCUT2D eigenvalue weighted by Gasteiger charge is 2.31. The van der Waals surface area contributed by atoms with Crippen molar-refractivity contribution in [1.82, 2.24) is 0 Å². The first-order chi connectivity index (χ1) is 10.3. The van der Waals surface area contributed by atoms with Gasteiger partial charge in [0.2, 0.25) is 6.29 Å². The largest absolute Gasteiger partial charge is 0.458 e. The predicted molar refractivity (Wildman–Crippen MR) is 77.5 cm³/mol. The first kappa shape index (κ1) is 19.6. The van der Waals surface area contributed by atoms with E-state index in [0.717, 1.165) is 18.2 Å². The third kappa shape index (κ3) is 8.01. The van der Waals surface area contributed by atoms with Crippen molar-refractivity contribution in [2.24, 2.45) is 0 Å². The molecule has 0 aliphatic heterocycles. The molecule has 0 N–H and O–H groups in total. The zero-order chi connectivity index (χ0) is 17.1. The Balaban J connectivity index is 5.11. The summed E-state index contributed by atoms with van der Waals surface area (Å²) in [6.45, 7) is 12.8. The minimum atomic E-state index is -1.27. The number of carbonyl (C=O) groups is 3. The Kier molecular flexibility index (Phi) is 9.20. The second-order valence-corrected chi connectivity index (χ2v) is 4.21. The Morgan fingerprint density at radius 3 is 1.86 bits per heavy atom. The van der Waals surface area contributed by atoms with Gasteiger partial charge >= 0.3 is 17.9 Å². The van der Waals surface area contributed by atoms with Crippen LogP contribution < -0.4 is 0 Å². The zero-order valence-electron chi connectivity index (χ0n) is 12.7. The molecule has 0 aliphatic carbocycles. The Morgan fingerprint density at radius 1 is 0.909 bits per heavy atom. The van der Waals surface area contributed by atoms with Crippen molar-refractivity contribution in [3.63, 3.8) is 0 Å². The van der Waals surface area contributed by atoms with E-state index in [9.17, 15) is 14.4 Å². The highest BCUT2D eigenvalue weighted by Crippen LogP contribution is 2.12. The van der Waals surface area contributed by atoms with Gasteiger partial charge in [0, 0.05) is 18.2 Å². The molecule has 0 saturated carbocycles. The highest BCUT2D eigenvalue weighted by atomic mass is 16.7. The maximum Gasteiger partial charge on any atom is 0.332 e. The summed E-state index contributed by atoms with van der Waals surface area (Å²) in [4.78, 5) is 33.8. The van der Waals surface area contributed by atoms with Crippen molar-refractivity contribution in [3.8, 4) is 0 Å². The fraction of sp³-hybridized carbons (Fsp3) is 0.400. The van der Waals surface area contributed by atoms with Gasteiger partial charge in [-0.25, -0.2) is 14.4 Å². The lowest BCUT2D eigenvalue weighted by atomic mass is 10.3. The topological polar surface area (TPSA) is 88.1 Å². The summed E-state index contributed by atoms with van der Waals surface area (Å²) in [5.74, 6) is -2.29. The fourth-order valence-electron chi connectivity index (χ4n) is 1.21. The maximum atomic E-state index is 11.4. The molecule has 0 radical (unpaired) electrons. The summed E-state index contributed by atoms with van der Waals surface area (Å²) in [5, 5.41) is 0. The van der Waals surface area contributed by atoms with Crippen LogP contribution in [0.4, 0.5) is 0 Å². The number of esters is 3. The average molecular weight is 312 g/mol. The van der Waals surface area contributed by atoms with Crippen LogP contribution in [0.5, 0.6) is 0 Å². The maximum absolute atomic E-state index is 11.4. The average Bonchev–Trinajstić information content (AvgIpc) is 2.49. The standard InChI is InChI=1S/C15H20O7/c1-6-12(16)19-9-11(21-13(17)7-2)15(20-10(4)5)22-14(18)8-3/h6-8,10-11,15H,1-3,9H2,4-5H3. The fourth-order valence-corrected chi connectivity index (χ4v) is 1.21. The molecule has 0 aliphatic rings. The van der Waals surface area contributed by atoms with E-state index in [-0.39, 0.29) is 12.7 Å². The Morgan fingerprint density at radius 2 is 1.41 bits per heavy atom. The van der Waals surface area contributed by atoms with Gasteiger partial charge in [-0.15, -0.1) is 0 Å². The van der Waals surface area contributed by atoms with Crippen LogP contribution in [0.15, 0.2) is 38.0 Å². The molecule has 0 amide bonds. The molecule has 0 aromatic carbocycles. The molecule has 0 aromatic rings. The van der Waals surface area contributed by atoms with Crippen molar-refractivity contribution < 1.29 is 33.3 Å². The van der Waals surface area contributed by atoms with Crippen LogP contribution in [0.1, 0.15) is 13.8 Å². The minimum absolute atomic E-state index is 0.345. The highest BCUT2D eigenvalue weighted by molar-refractivity contribution is 5.82. The third-order valence-electron chi connectivity index (χ3n) is 2.10. The Bertz CT molecular complexity index is 439. The summed E-state index contributed by atoms with van der Waals surface area (Å²) in [5.41, 5.74) is 0. The van der Waals surface area contributed by atoms with Crippen LogP contribution in [0.3, 0.4) is 0 Å². The van der Waals surface area contributed by atoms with E-state index in [1.807, 2.05) is 0 Å². The molecule has 2 unspecified atom stereocenters. The Hall–Kier alpha value is -2.41. The van der Waals surface area contributed by atoms with Crippen LogP contribution in [0.25, 0.3) is 0 Å². The van der Waals surface area contributed by atoms with E-state index >= 15 is 0 Å². The van der Waals surface area contributed by atoms with E-state index in [4.69, 9.17) is 18.9 Å². The van der Waals surface area contributed by atoms with Gasteiger partial charge in [0.05, 0.1) is 6.10 Å². The summed E-state index contributed by atoms with van der Waals surface area (Å²) in [6.07, 6.45) is 0.0129. The molecule has 7 nitrogen and oxygen atoms in total. The van der Waals surface area contributed by atoms with Crippen molar-refractivity contribution in [2.45, 2.75) is 32.3 Å². The first-order valence-corrected chi connectivity index (χ1v) is 6.44. The molecule has 0 bridgehead atoms. The number of rotatable bonds is 10. The first-order valence-electron chi connectivity index (χ1n) is 6.44. The lowest BCUT2D eigenvalue weighted by Gasteiger charge is -2.27. The molecule has 0 rings (SSSR count). The van der Waals surface area contributed by atoms with Crippen molar-refractivity contribution in [1.29, 1.82) is 0 Å². The molecule has 2 atom stereocenters. The van der Waals surface area contributed by atoms with Gasteiger partial charge in [0.1, 0.15) is 6.61 Å². The van der Waals surface area contributed by atoms with Crippen LogP contribution >= 0.6 is 0 Å². The zero-order valence-corrected chi connectivity index (χ0v) is 12.7. The summed E-state index contributed by atoms with van der Waals surface area (Å²) in [7, 11) is 0. The van der Waals surface area contributed by atoms with Crippen LogP contribution in [0.2, 0.25) is 0 Å². The molecule has 0 saturated heterocycles. The van der Waals surface area contributed by atoms with Gasteiger partial charge < -0.3 is 18.9 Å². The smallest absolute Gasteiger partial charge is 0.332 e. The molecule has 0 aromatic heterocycles. The van der Waals surface area contributed by atoms with Gasteiger partial charge in [0.25, 0.3) is 0 Å². The lowest BCUT2D eigenvalue weighted by Crippen LogP contribution is -2.41. The second kappa shape index (κ2) is 10.3. The van der Waals surface area contributed by atoms with Gasteiger partial charge in [0.15, 0.2) is 6.10 Å². The summed E-state index contributed by atoms with van der Waals surface area (Å²) < 4.78 is 20.2. The van der Waals surface area contributed by atoms with Gasteiger partial charge in [-0.3, -0.25) is 0 Å². The van der Waals surface area contributed by atoms with Gasteiger partial charge in [-0.05, 0) is 13.8 Å². The van der Waals surface area contributed by atoms with E-state index in [2.05, 4.69) is 19.7 Å². The monoisotopic (exact) mass is 312 g/mol. The van der Waals surface area contributed by atoms with Crippen LogP contribution in [-0.2, 0) is 33.3 Å². The number of carbonyl (C=O) groups excluding carboxylic acids is 3. The lowest BCUT2D eigenvalue weighted by molar-refractivity contribution is -0.223. The summed E-state index contributed by atoms with van der Waals surface area (Å²) >= 11 is 0. The molecule has 0 spiro atoms. The third-order valence-corrected chi connectivity index (χ3v) is 2.10. The van der Waals surface area contributed by atoms with Gasteiger partial charge in [-0.1, -0.05) is 19.7 Å². The van der Waals surface area contributed by atoms with E-state index in [1.54, 1.807) is 13.8 Å². The minimum Gasteiger partial charge on any atom is -0.458 e. The molecule has 7 heteroatoms. The molecular formula is C15H20O7. The van der Waals surface area contributed by atoms with Crippen molar-refractivity contribution >= 4 is 17.9 Å². The normalized spacial score (nSPS) is 12.7. The van der Waals surface area contributed by atoms with E-state index in [1.165, 1.54) is 0 Å². The molecule has 122 valence electrons. The second-order valence-electron chi connectivity index (χ2n) is 4.21. The molecular weight excluding hydrogens is 292 g/mol.